The predicted molar refractivity (Wildman–Crippen MR) is 50.2 cm³/mol. The molecule has 1 heterocycles. The van der Waals surface area contributed by atoms with Gasteiger partial charge in [-0.15, -0.1) is 0 Å². The highest BCUT2D eigenvalue weighted by molar-refractivity contribution is 4.77. The quantitative estimate of drug-likeness (QED) is 0.629. The highest BCUT2D eigenvalue weighted by Crippen LogP contribution is 2.02. The summed E-state index contributed by atoms with van der Waals surface area (Å²) in [6.45, 7) is 7.05. The molecule has 1 rings (SSSR count). The Morgan fingerprint density at radius 1 is 1.58 bits per heavy atom. The van der Waals surface area contributed by atoms with Crippen molar-refractivity contribution in [3.8, 4) is 0 Å². The average molecular weight is 172 g/mol. The second-order valence-corrected chi connectivity index (χ2v) is 3.46. The van der Waals surface area contributed by atoms with Crippen LogP contribution in [0.3, 0.4) is 0 Å². The number of nitrogens with zero attached hydrogens (tertiary/aromatic N) is 1. The van der Waals surface area contributed by atoms with Crippen molar-refractivity contribution in [2.45, 2.75) is 25.8 Å². The summed E-state index contributed by atoms with van der Waals surface area (Å²) in [7, 11) is 0. The third kappa shape index (κ3) is 3.09. The fourth-order valence-electron chi connectivity index (χ4n) is 1.76. The Kier molecular flexibility index (Phi) is 4.58. The first kappa shape index (κ1) is 9.96. The number of piperazine rings is 1. The minimum absolute atomic E-state index is 0.303. The van der Waals surface area contributed by atoms with Crippen molar-refractivity contribution in [2.24, 2.45) is 0 Å². The van der Waals surface area contributed by atoms with Crippen molar-refractivity contribution in [2.75, 3.05) is 32.8 Å². The molecule has 0 spiro atoms. The van der Waals surface area contributed by atoms with E-state index in [1.54, 1.807) is 0 Å². The van der Waals surface area contributed by atoms with Crippen LogP contribution >= 0.6 is 0 Å². The summed E-state index contributed by atoms with van der Waals surface area (Å²) in [5.41, 5.74) is 0. The zero-order chi connectivity index (χ0) is 8.81. The molecule has 3 heteroatoms. The molecule has 12 heavy (non-hydrogen) atoms. The molecule has 1 aliphatic rings. The zero-order valence-electron chi connectivity index (χ0n) is 7.92. The van der Waals surface area contributed by atoms with Crippen molar-refractivity contribution in [1.82, 2.24) is 10.2 Å². The Morgan fingerprint density at radius 3 is 3.08 bits per heavy atom. The molecule has 0 amide bonds. The Bertz CT molecular complexity index is 103. The molecule has 1 fully saturated rings. The molecule has 1 aliphatic heterocycles. The molecular formula is C9H20N2O. The molecule has 0 aromatic rings. The maximum Gasteiger partial charge on any atom is 0.0446 e. The first-order valence-corrected chi connectivity index (χ1v) is 4.93. The lowest BCUT2D eigenvalue weighted by Gasteiger charge is -2.33. The number of hydrogen-bond acceptors (Lipinski definition) is 3. The fraction of sp³-hybridized carbons (Fsp3) is 1.00. The Morgan fingerprint density at radius 2 is 2.42 bits per heavy atom. The summed E-state index contributed by atoms with van der Waals surface area (Å²) in [4.78, 5) is 2.47. The van der Waals surface area contributed by atoms with Gasteiger partial charge in [-0.1, -0.05) is 6.92 Å². The van der Waals surface area contributed by atoms with Crippen molar-refractivity contribution < 1.29 is 5.11 Å². The van der Waals surface area contributed by atoms with Gasteiger partial charge < -0.3 is 15.3 Å². The standard InChI is InChI=1S/C9H20N2O/c1-2-5-11-6-4-10-9(8-11)3-7-12/h9-10,12H,2-8H2,1H3. The van der Waals surface area contributed by atoms with E-state index in [1.165, 1.54) is 13.0 Å². The van der Waals surface area contributed by atoms with Crippen LogP contribution in [0.15, 0.2) is 0 Å². The summed E-state index contributed by atoms with van der Waals surface area (Å²) < 4.78 is 0. The van der Waals surface area contributed by atoms with Crippen molar-refractivity contribution in [3.63, 3.8) is 0 Å². The van der Waals surface area contributed by atoms with E-state index < -0.39 is 0 Å². The van der Waals surface area contributed by atoms with Gasteiger partial charge in [-0.05, 0) is 19.4 Å². The SMILES string of the molecule is CCCN1CCNC(CCO)C1. The number of aliphatic hydroxyl groups is 1. The molecule has 1 saturated heterocycles. The van der Waals surface area contributed by atoms with Gasteiger partial charge in [0.15, 0.2) is 0 Å². The number of aliphatic hydroxyl groups excluding tert-OH is 1. The molecule has 1 atom stereocenters. The number of rotatable bonds is 4. The Labute approximate surface area is 74.8 Å². The lowest BCUT2D eigenvalue weighted by atomic mass is 10.1. The third-order valence-corrected chi connectivity index (χ3v) is 2.36. The van der Waals surface area contributed by atoms with Crippen LogP contribution in [0.1, 0.15) is 19.8 Å². The first-order chi connectivity index (χ1) is 5.86. The second-order valence-electron chi connectivity index (χ2n) is 3.46. The van der Waals surface area contributed by atoms with Gasteiger partial charge >= 0.3 is 0 Å². The fourth-order valence-corrected chi connectivity index (χ4v) is 1.76. The first-order valence-electron chi connectivity index (χ1n) is 4.93. The molecule has 0 aromatic heterocycles. The third-order valence-electron chi connectivity index (χ3n) is 2.36. The molecule has 3 nitrogen and oxygen atoms in total. The van der Waals surface area contributed by atoms with Gasteiger partial charge in [0.25, 0.3) is 0 Å². The van der Waals surface area contributed by atoms with Crippen LogP contribution in [-0.4, -0.2) is 48.8 Å². The van der Waals surface area contributed by atoms with Crippen LogP contribution in [0.4, 0.5) is 0 Å². The monoisotopic (exact) mass is 172 g/mol. The van der Waals surface area contributed by atoms with E-state index in [2.05, 4.69) is 17.1 Å². The lowest BCUT2D eigenvalue weighted by Crippen LogP contribution is -2.50. The van der Waals surface area contributed by atoms with E-state index in [-0.39, 0.29) is 0 Å². The Hall–Kier alpha value is -0.120. The maximum atomic E-state index is 8.78. The molecular weight excluding hydrogens is 152 g/mol. The van der Waals surface area contributed by atoms with Gasteiger partial charge in [0.2, 0.25) is 0 Å². The minimum Gasteiger partial charge on any atom is -0.396 e. The molecule has 1 unspecified atom stereocenters. The highest BCUT2D eigenvalue weighted by atomic mass is 16.3. The average Bonchev–Trinajstić information content (AvgIpc) is 2.06. The highest BCUT2D eigenvalue weighted by Gasteiger charge is 2.17. The second kappa shape index (κ2) is 5.51. The van der Waals surface area contributed by atoms with Crippen molar-refractivity contribution >= 4 is 0 Å². The molecule has 0 aliphatic carbocycles. The summed E-state index contributed by atoms with van der Waals surface area (Å²) in [6.07, 6.45) is 2.12. The van der Waals surface area contributed by atoms with E-state index in [0.717, 1.165) is 26.1 Å². The van der Waals surface area contributed by atoms with Crippen LogP contribution in [-0.2, 0) is 0 Å². The van der Waals surface area contributed by atoms with Crippen LogP contribution < -0.4 is 5.32 Å². The van der Waals surface area contributed by atoms with Crippen LogP contribution in [0, 0.1) is 0 Å². The largest absolute Gasteiger partial charge is 0.396 e. The van der Waals surface area contributed by atoms with E-state index in [9.17, 15) is 0 Å². The van der Waals surface area contributed by atoms with Crippen LogP contribution in [0.5, 0.6) is 0 Å². The smallest absolute Gasteiger partial charge is 0.0446 e. The van der Waals surface area contributed by atoms with Gasteiger partial charge in [0, 0.05) is 32.3 Å². The van der Waals surface area contributed by atoms with Crippen molar-refractivity contribution in [1.29, 1.82) is 0 Å². The van der Waals surface area contributed by atoms with Gasteiger partial charge in [-0.3, -0.25) is 0 Å². The van der Waals surface area contributed by atoms with Crippen molar-refractivity contribution in [3.05, 3.63) is 0 Å². The lowest BCUT2D eigenvalue weighted by molar-refractivity contribution is 0.173. The molecule has 2 N–H and O–H groups in total. The summed E-state index contributed by atoms with van der Waals surface area (Å²) in [5.74, 6) is 0. The van der Waals surface area contributed by atoms with E-state index in [1.807, 2.05) is 0 Å². The topological polar surface area (TPSA) is 35.5 Å². The van der Waals surface area contributed by atoms with Gasteiger partial charge in [-0.25, -0.2) is 0 Å². The van der Waals surface area contributed by atoms with Crippen LogP contribution in [0.2, 0.25) is 0 Å². The number of hydrogen-bond donors (Lipinski definition) is 2. The van der Waals surface area contributed by atoms with Crippen LogP contribution in [0.25, 0.3) is 0 Å². The molecule has 0 aromatic carbocycles. The summed E-state index contributed by atoms with van der Waals surface area (Å²) >= 11 is 0. The normalized spacial score (nSPS) is 26.0. The molecule has 0 saturated carbocycles. The molecule has 0 radical (unpaired) electrons. The zero-order valence-corrected chi connectivity index (χ0v) is 7.92. The summed E-state index contributed by atoms with van der Waals surface area (Å²) in [6, 6.07) is 0.510. The van der Waals surface area contributed by atoms with E-state index in [0.29, 0.717) is 12.6 Å². The van der Waals surface area contributed by atoms with E-state index in [4.69, 9.17) is 5.11 Å². The van der Waals surface area contributed by atoms with Gasteiger partial charge in [0.05, 0.1) is 0 Å². The van der Waals surface area contributed by atoms with Gasteiger partial charge in [-0.2, -0.15) is 0 Å². The van der Waals surface area contributed by atoms with E-state index >= 15 is 0 Å². The molecule has 0 bridgehead atoms. The molecule has 72 valence electrons. The predicted octanol–water partition coefficient (Wildman–Crippen LogP) is 0.0526. The number of nitrogens with one attached hydrogen (secondary N) is 1. The minimum atomic E-state index is 0.303. The Balaban J connectivity index is 2.20. The maximum absolute atomic E-state index is 8.78. The summed E-state index contributed by atoms with van der Waals surface area (Å²) in [5, 5.41) is 12.2. The van der Waals surface area contributed by atoms with Gasteiger partial charge in [0.1, 0.15) is 0 Å².